The Kier molecular flexibility index (Phi) is 6.22. The van der Waals surface area contributed by atoms with Crippen LogP contribution >= 0.6 is 28.3 Å². The van der Waals surface area contributed by atoms with Gasteiger partial charge in [0, 0.05) is 37.7 Å². The number of hydrogen-bond donors (Lipinski definition) is 3. The van der Waals surface area contributed by atoms with Crippen LogP contribution in [0.1, 0.15) is 28.9 Å². The zero-order valence-electron chi connectivity index (χ0n) is 15.4. The van der Waals surface area contributed by atoms with E-state index in [1.54, 1.807) is 18.6 Å². The average Bonchev–Trinajstić information content (AvgIpc) is 3.04. The van der Waals surface area contributed by atoms with Crippen LogP contribution < -0.4 is 16.0 Å². The quantitative estimate of drug-likeness (QED) is 0.548. The van der Waals surface area contributed by atoms with Crippen LogP contribution in [0.5, 0.6) is 0 Å². The van der Waals surface area contributed by atoms with E-state index in [0.717, 1.165) is 52.7 Å². The number of nitrogens with zero attached hydrogens (tertiary/aromatic N) is 3. The summed E-state index contributed by atoms with van der Waals surface area (Å²) >= 11 is 3.63. The van der Waals surface area contributed by atoms with E-state index in [2.05, 4.69) is 41.1 Å². The summed E-state index contributed by atoms with van der Waals surface area (Å²) in [6, 6.07) is 3.83. The third kappa shape index (κ3) is 3.85. The molecule has 1 aliphatic heterocycles. The molecule has 1 aliphatic rings. The maximum Gasteiger partial charge on any atom is 0.274 e. The van der Waals surface area contributed by atoms with Crippen molar-refractivity contribution in [3.05, 3.63) is 46.5 Å². The predicted octanol–water partition coefficient (Wildman–Crippen LogP) is 3.63. The molecule has 4 rings (SSSR count). The lowest BCUT2D eigenvalue weighted by Gasteiger charge is -2.33. The first-order valence-electron chi connectivity index (χ1n) is 8.93. The summed E-state index contributed by atoms with van der Waals surface area (Å²) in [5.74, 6) is -0.240. The van der Waals surface area contributed by atoms with E-state index in [4.69, 9.17) is 5.73 Å². The Morgan fingerprint density at radius 1 is 1.43 bits per heavy atom. The topological polar surface area (TPSA) is 99.9 Å². The fourth-order valence-corrected chi connectivity index (χ4v) is 4.13. The smallest absolute Gasteiger partial charge is 0.274 e. The number of fused-ring (bicyclic) bond motifs is 1. The summed E-state index contributed by atoms with van der Waals surface area (Å²) in [6.45, 7) is 3.56. The largest absolute Gasteiger partial charge is 0.368 e. The molecule has 28 heavy (non-hydrogen) atoms. The molecule has 1 unspecified atom stereocenters. The normalized spacial score (nSPS) is 16.7. The van der Waals surface area contributed by atoms with Gasteiger partial charge in [0.25, 0.3) is 5.91 Å². The third-order valence-electron chi connectivity index (χ3n) is 4.88. The van der Waals surface area contributed by atoms with Gasteiger partial charge >= 0.3 is 0 Å². The molecule has 1 fully saturated rings. The molecule has 0 spiro atoms. The molecule has 1 saturated heterocycles. The van der Waals surface area contributed by atoms with E-state index < -0.39 is 0 Å². The van der Waals surface area contributed by atoms with Crippen LogP contribution in [0.4, 0.5) is 11.4 Å². The second-order valence-corrected chi connectivity index (χ2v) is 7.71. The number of pyridine rings is 2. The lowest BCUT2D eigenvalue weighted by Crippen LogP contribution is -2.43. The van der Waals surface area contributed by atoms with Gasteiger partial charge in [-0.2, -0.15) is 0 Å². The molecule has 7 nitrogen and oxygen atoms in total. The summed E-state index contributed by atoms with van der Waals surface area (Å²) in [6.07, 6.45) is 7.24. The van der Waals surface area contributed by atoms with Crippen molar-refractivity contribution >= 4 is 56.7 Å². The molecule has 0 aromatic carbocycles. The van der Waals surface area contributed by atoms with Crippen LogP contribution in [0.15, 0.2) is 35.2 Å². The van der Waals surface area contributed by atoms with Crippen LogP contribution in [-0.4, -0.2) is 40.0 Å². The molecular formula is C19H22BrClN6O. The van der Waals surface area contributed by atoms with Gasteiger partial charge in [-0.05, 0) is 47.3 Å². The number of aromatic amines is 1. The molecular weight excluding hydrogens is 444 g/mol. The minimum absolute atomic E-state index is 0. The fourth-order valence-electron chi connectivity index (χ4n) is 3.58. The molecule has 0 aliphatic carbocycles. The number of rotatable bonds is 3. The van der Waals surface area contributed by atoms with E-state index in [0.29, 0.717) is 11.4 Å². The standard InChI is InChI=1S/C19H21BrN6O.ClH/c1-11-4-2-6-22-16(11)19(27)25-14-9-24-18-15(14)17(13(20)8-23-18)26-7-3-5-12(21)10-26;/h2,4,6,8-9,12H,3,5,7,10,21H2,1H3,(H,23,24)(H,25,27);1H. The maximum absolute atomic E-state index is 12.7. The number of H-pyrrole nitrogens is 1. The Labute approximate surface area is 177 Å². The van der Waals surface area contributed by atoms with Crippen molar-refractivity contribution in [1.29, 1.82) is 0 Å². The lowest BCUT2D eigenvalue weighted by molar-refractivity contribution is 0.102. The Hall–Kier alpha value is -2.16. The third-order valence-corrected chi connectivity index (χ3v) is 5.46. The van der Waals surface area contributed by atoms with Crippen molar-refractivity contribution in [2.45, 2.75) is 25.8 Å². The van der Waals surface area contributed by atoms with Gasteiger partial charge in [0.1, 0.15) is 11.3 Å². The van der Waals surface area contributed by atoms with E-state index in [1.807, 2.05) is 19.1 Å². The zero-order chi connectivity index (χ0) is 19.0. The summed E-state index contributed by atoms with van der Waals surface area (Å²) in [5.41, 5.74) is 9.84. The molecule has 4 heterocycles. The number of amides is 1. The number of nitrogens with two attached hydrogens (primary N) is 1. The zero-order valence-corrected chi connectivity index (χ0v) is 17.8. The van der Waals surface area contributed by atoms with Crippen LogP contribution in [0.3, 0.4) is 0 Å². The number of nitrogens with one attached hydrogen (secondary N) is 2. The monoisotopic (exact) mass is 464 g/mol. The summed E-state index contributed by atoms with van der Waals surface area (Å²) < 4.78 is 0.883. The molecule has 3 aromatic rings. The highest BCUT2D eigenvalue weighted by atomic mass is 79.9. The Morgan fingerprint density at radius 3 is 3.00 bits per heavy atom. The van der Waals surface area contributed by atoms with Crippen LogP contribution in [0.25, 0.3) is 11.0 Å². The Bertz CT molecular complexity index is 1010. The summed E-state index contributed by atoms with van der Waals surface area (Å²) in [4.78, 5) is 26.8. The van der Waals surface area contributed by atoms with Crippen molar-refractivity contribution in [2.24, 2.45) is 5.73 Å². The van der Waals surface area contributed by atoms with Crippen molar-refractivity contribution < 1.29 is 4.79 Å². The number of aryl methyl sites for hydroxylation is 1. The number of piperidine rings is 1. The SMILES string of the molecule is Cc1cccnc1C(=O)Nc1c[nH]c2ncc(Br)c(N3CCCC(N)C3)c12.Cl. The Balaban J connectivity index is 0.00000225. The number of hydrogen-bond acceptors (Lipinski definition) is 5. The van der Waals surface area contributed by atoms with Gasteiger partial charge in [0.05, 0.1) is 21.2 Å². The lowest BCUT2D eigenvalue weighted by atomic mass is 10.1. The van der Waals surface area contributed by atoms with E-state index in [9.17, 15) is 4.79 Å². The molecule has 0 saturated carbocycles. The fraction of sp³-hybridized carbons (Fsp3) is 0.316. The van der Waals surface area contributed by atoms with Gasteiger partial charge in [-0.1, -0.05) is 6.07 Å². The molecule has 0 bridgehead atoms. The first kappa shape index (κ1) is 20.6. The minimum atomic E-state index is -0.240. The summed E-state index contributed by atoms with van der Waals surface area (Å²) in [7, 11) is 0. The first-order valence-corrected chi connectivity index (χ1v) is 9.73. The highest BCUT2D eigenvalue weighted by Gasteiger charge is 2.24. The minimum Gasteiger partial charge on any atom is -0.368 e. The summed E-state index contributed by atoms with van der Waals surface area (Å²) in [5, 5.41) is 3.86. The van der Waals surface area contributed by atoms with Gasteiger partial charge in [0.15, 0.2) is 0 Å². The van der Waals surface area contributed by atoms with Crippen molar-refractivity contribution in [3.63, 3.8) is 0 Å². The average molecular weight is 466 g/mol. The van der Waals surface area contributed by atoms with Gasteiger partial charge in [0.2, 0.25) is 0 Å². The Morgan fingerprint density at radius 2 is 2.25 bits per heavy atom. The van der Waals surface area contributed by atoms with Crippen molar-refractivity contribution in [1.82, 2.24) is 15.0 Å². The second-order valence-electron chi connectivity index (χ2n) is 6.85. The van der Waals surface area contributed by atoms with Crippen molar-refractivity contribution in [2.75, 3.05) is 23.3 Å². The molecule has 3 aromatic heterocycles. The highest BCUT2D eigenvalue weighted by molar-refractivity contribution is 9.10. The predicted molar refractivity (Wildman–Crippen MR) is 117 cm³/mol. The van der Waals surface area contributed by atoms with E-state index >= 15 is 0 Å². The van der Waals surface area contributed by atoms with Crippen molar-refractivity contribution in [3.8, 4) is 0 Å². The van der Waals surface area contributed by atoms with Gasteiger partial charge in [-0.3, -0.25) is 9.78 Å². The number of aromatic nitrogens is 3. The van der Waals surface area contributed by atoms with Crippen LogP contribution in [-0.2, 0) is 0 Å². The molecule has 9 heteroatoms. The first-order chi connectivity index (χ1) is 13.0. The maximum atomic E-state index is 12.7. The second kappa shape index (κ2) is 8.46. The van der Waals surface area contributed by atoms with E-state index in [1.165, 1.54) is 0 Å². The van der Waals surface area contributed by atoms with Gasteiger partial charge in [-0.15, -0.1) is 12.4 Å². The van der Waals surface area contributed by atoms with Crippen LogP contribution in [0.2, 0.25) is 0 Å². The van der Waals surface area contributed by atoms with Crippen LogP contribution in [0, 0.1) is 6.92 Å². The van der Waals surface area contributed by atoms with Gasteiger partial charge < -0.3 is 20.9 Å². The van der Waals surface area contributed by atoms with Gasteiger partial charge in [-0.25, -0.2) is 4.98 Å². The molecule has 1 amide bonds. The number of halogens is 2. The molecule has 0 radical (unpaired) electrons. The number of carbonyl (C=O) groups is 1. The molecule has 1 atom stereocenters. The number of anilines is 2. The highest BCUT2D eigenvalue weighted by Crippen LogP contribution is 2.38. The molecule has 4 N–H and O–H groups in total. The van der Waals surface area contributed by atoms with E-state index in [-0.39, 0.29) is 24.4 Å². The number of carbonyl (C=O) groups excluding carboxylic acids is 1. The molecule has 148 valence electrons.